The smallest absolute Gasteiger partial charge is 0.224 e. The summed E-state index contributed by atoms with van der Waals surface area (Å²) in [6.07, 6.45) is 5.90. The zero-order valence-electron chi connectivity index (χ0n) is 10.7. The van der Waals surface area contributed by atoms with Gasteiger partial charge in [-0.2, -0.15) is 0 Å². The molecule has 0 aromatic rings. The molecule has 1 aliphatic heterocycles. The molecule has 0 aromatic heterocycles. The van der Waals surface area contributed by atoms with Crippen LogP contribution >= 0.6 is 0 Å². The molecule has 2 rings (SSSR count). The van der Waals surface area contributed by atoms with Gasteiger partial charge in [-0.05, 0) is 39.3 Å². The molecule has 0 radical (unpaired) electrons. The Hall–Kier alpha value is -0.610. The van der Waals surface area contributed by atoms with E-state index in [1.54, 1.807) is 0 Å². The number of aliphatic hydroxyl groups is 1. The van der Waals surface area contributed by atoms with Crippen molar-refractivity contribution in [3.63, 3.8) is 0 Å². The Bertz CT molecular complexity index is 275. The maximum Gasteiger partial charge on any atom is 0.224 e. The largest absolute Gasteiger partial charge is 0.388 e. The minimum absolute atomic E-state index is 0.110. The van der Waals surface area contributed by atoms with E-state index in [9.17, 15) is 9.90 Å². The van der Waals surface area contributed by atoms with E-state index in [2.05, 4.69) is 17.3 Å². The van der Waals surface area contributed by atoms with E-state index in [1.165, 1.54) is 0 Å². The van der Waals surface area contributed by atoms with Crippen molar-refractivity contribution in [2.75, 3.05) is 26.7 Å². The number of likely N-dealkylation sites (tertiary alicyclic amines) is 1. The van der Waals surface area contributed by atoms with E-state index in [0.29, 0.717) is 6.54 Å². The second-order valence-corrected chi connectivity index (χ2v) is 5.75. The van der Waals surface area contributed by atoms with Crippen LogP contribution in [-0.4, -0.2) is 48.2 Å². The highest BCUT2D eigenvalue weighted by Gasteiger charge is 2.32. The topological polar surface area (TPSA) is 52.6 Å². The van der Waals surface area contributed by atoms with Gasteiger partial charge in [0, 0.05) is 13.1 Å². The lowest BCUT2D eigenvalue weighted by molar-refractivity contribution is -0.127. The average Bonchev–Trinajstić information content (AvgIpc) is 2.74. The SMILES string of the molecule is CN1CCCC(C(=O)NCC2(O)CCCC2)C1. The lowest BCUT2D eigenvalue weighted by atomic mass is 9.96. The number of nitrogens with one attached hydrogen (secondary N) is 1. The number of nitrogens with zero attached hydrogens (tertiary/aromatic N) is 1. The highest BCUT2D eigenvalue weighted by Crippen LogP contribution is 2.28. The molecule has 1 heterocycles. The zero-order chi connectivity index (χ0) is 12.3. The number of rotatable bonds is 3. The maximum absolute atomic E-state index is 12.0. The second kappa shape index (κ2) is 5.36. The van der Waals surface area contributed by atoms with Gasteiger partial charge in [-0.3, -0.25) is 4.79 Å². The molecule has 1 saturated heterocycles. The summed E-state index contributed by atoms with van der Waals surface area (Å²) in [5, 5.41) is 13.1. The third-order valence-corrected chi connectivity index (χ3v) is 4.12. The summed E-state index contributed by atoms with van der Waals surface area (Å²) < 4.78 is 0. The van der Waals surface area contributed by atoms with Crippen molar-refractivity contribution in [2.45, 2.75) is 44.1 Å². The molecular formula is C13H24N2O2. The van der Waals surface area contributed by atoms with Gasteiger partial charge in [0.2, 0.25) is 5.91 Å². The van der Waals surface area contributed by atoms with Crippen molar-refractivity contribution in [1.82, 2.24) is 10.2 Å². The second-order valence-electron chi connectivity index (χ2n) is 5.75. The molecule has 0 aromatic carbocycles. The molecule has 2 N–H and O–H groups in total. The van der Waals surface area contributed by atoms with Crippen LogP contribution in [0.1, 0.15) is 38.5 Å². The normalized spacial score (nSPS) is 29.2. The summed E-state index contributed by atoms with van der Waals surface area (Å²) in [6.45, 7) is 2.38. The fourth-order valence-corrected chi connectivity index (χ4v) is 2.99. The van der Waals surface area contributed by atoms with Crippen LogP contribution in [0, 0.1) is 5.92 Å². The lowest BCUT2D eigenvalue weighted by Gasteiger charge is -2.30. The predicted molar refractivity (Wildman–Crippen MR) is 66.6 cm³/mol. The highest BCUT2D eigenvalue weighted by atomic mass is 16.3. The van der Waals surface area contributed by atoms with Crippen LogP contribution < -0.4 is 5.32 Å². The van der Waals surface area contributed by atoms with Gasteiger partial charge < -0.3 is 15.3 Å². The number of amides is 1. The molecule has 1 saturated carbocycles. The minimum Gasteiger partial charge on any atom is -0.388 e. The molecular weight excluding hydrogens is 216 g/mol. The standard InChI is InChI=1S/C13H24N2O2/c1-15-8-4-5-11(9-15)12(16)14-10-13(17)6-2-3-7-13/h11,17H,2-10H2,1H3,(H,14,16). The summed E-state index contributed by atoms with van der Waals surface area (Å²) in [6, 6.07) is 0. The van der Waals surface area contributed by atoms with Gasteiger partial charge in [0.1, 0.15) is 0 Å². The first kappa shape index (κ1) is 12.8. The number of hydrogen-bond acceptors (Lipinski definition) is 3. The molecule has 0 bridgehead atoms. The van der Waals surface area contributed by atoms with Gasteiger partial charge in [0.25, 0.3) is 0 Å². The fourth-order valence-electron chi connectivity index (χ4n) is 2.99. The van der Waals surface area contributed by atoms with Gasteiger partial charge >= 0.3 is 0 Å². The van der Waals surface area contributed by atoms with E-state index in [1.807, 2.05) is 0 Å². The molecule has 0 spiro atoms. The summed E-state index contributed by atoms with van der Waals surface area (Å²) >= 11 is 0. The zero-order valence-corrected chi connectivity index (χ0v) is 10.7. The molecule has 4 nitrogen and oxygen atoms in total. The van der Waals surface area contributed by atoms with E-state index < -0.39 is 5.60 Å². The van der Waals surface area contributed by atoms with Gasteiger partial charge in [-0.25, -0.2) is 0 Å². The average molecular weight is 240 g/mol. The van der Waals surface area contributed by atoms with Crippen LogP contribution in [0.5, 0.6) is 0 Å². The Labute approximate surface area is 103 Å². The first-order valence-electron chi connectivity index (χ1n) is 6.78. The fraction of sp³-hybridized carbons (Fsp3) is 0.923. The third-order valence-electron chi connectivity index (χ3n) is 4.12. The summed E-state index contributed by atoms with van der Waals surface area (Å²) in [4.78, 5) is 14.2. The molecule has 17 heavy (non-hydrogen) atoms. The van der Waals surface area contributed by atoms with E-state index >= 15 is 0 Å². The molecule has 1 atom stereocenters. The highest BCUT2D eigenvalue weighted by molar-refractivity contribution is 5.79. The lowest BCUT2D eigenvalue weighted by Crippen LogP contribution is -2.46. The molecule has 4 heteroatoms. The molecule has 2 fully saturated rings. The van der Waals surface area contributed by atoms with E-state index in [4.69, 9.17) is 0 Å². The quantitative estimate of drug-likeness (QED) is 0.765. The van der Waals surface area contributed by atoms with Crippen molar-refractivity contribution in [3.8, 4) is 0 Å². The summed E-state index contributed by atoms with van der Waals surface area (Å²) in [5.41, 5.74) is -0.629. The first-order chi connectivity index (χ1) is 8.09. The minimum atomic E-state index is -0.629. The van der Waals surface area contributed by atoms with Crippen molar-refractivity contribution in [1.29, 1.82) is 0 Å². The Morgan fingerprint density at radius 1 is 1.41 bits per heavy atom. The monoisotopic (exact) mass is 240 g/mol. The number of carbonyl (C=O) groups excluding carboxylic acids is 1. The predicted octanol–water partition coefficient (Wildman–Crippen LogP) is 0.749. The van der Waals surface area contributed by atoms with Gasteiger partial charge in [0.05, 0.1) is 11.5 Å². The summed E-state index contributed by atoms with van der Waals surface area (Å²) in [7, 11) is 2.06. The number of carbonyl (C=O) groups is 1. The van der Waals surface area contributed by atoms with Crippen molar-refractivity contribution >= 4 is 5.91 Å². The molecule has 1 amide bonds. The summed E-state index contributed by atoms with van der Waals surface area (Å²) in [5.74, 6) is 0.232. The van der Waals surface area contributed by atoms with Crippen molar-refractivity contribution < 1.29 is 9.90 Å². The third kappa shape index (κ3) is 3.42. The van der Waals surface area contributed by atoms with E-state index in [0.717, 1.165) is 51.6 Å². The van der Waals surface area contributed by atoms with Crippen LogP contribution in [0.4, 0.5) is 0 Å². The number of hydrogen-bond donors (Lipinski definition) is 2. The molecule has 1 aliphatic carbocycles. The van der Waals surface area contributed by atoms with Crippen LogP contribution in [0.25, 0.3) is 0 Å². The molecule has 1 unspecified atom stereocenters. The van der Waals surface area contributed by atoms with Crippen LogP contribution in [0.15, 0.2) is 0 Å². The molecule has 98 valence electrons. The van der Waals surface area contributed by atoms with E-state index in [-0.39, 0.29) is 11.8 Å². The van der Waals surface area contributed by atoms with Crippen LogP contribution in [0.2, 0.25) is 0 Å². The Morgan fingerprint density at radius 2 is 2.12 bits per heavy atom. The van der Waals surface area contributed by atoms with Gasteiger partial charge in [0.15, 0.2) is 0 Å². The first-order valence-corrected chi connectivity index (χ1v) is 6.78. The van der Waals surface area contributed by atoms with Gasteiger partial charge in [-0.1, -0.05) is 12.8 Å². The van der Waals surface area contributed by atoms with Crippen LogP contribution in [-0.2, 0) is 4.79 Å². The van der Waals surface area contributed by atoms with Gasteiger partial charge in [-0.15, -0.1) is 0 Å². The van der Waals surface area contributed by atoms with Crippen molar-refractivity contribution in [2.24, 2.45) is 5.92 Å². The Kier molecular flexibility index (Phi) is 4.05. The van der Waals surface area contributed by atoms with Crippen molar-refractivity contribution in [3.05, 3.63) is 0 Å². The maximum atomic E-state index is 12.0. The Balaban J connectivity index is 1.76. The number of piperidine rings is 1. The molecule has 2 aliphatic rings. The Morgan fingerprint density at radius 3 is 2.76 bits per heavy atom. The van der Waals surface area contributed by atoms with Crippen LogP contribution in [0.3, 0.4) is 0 Å².